The molecule has 1 rings (SSSR count). The largest absolute Gasteiger partial charge is 0.243 e. The molecule has 5 nitrogen and oxygen atoms in total. The van der Waals surface area contributed by atoms with E-state index in [-0.39, 0.29) is 11.4 Å². The second-order valence-corrected chi connectivity index (χ2v) is 8.29. The predicted octanol–water partition coefficient (Wildman–Crippen LogP) is 1.53. The summed E-state index contributed by atoms with van der Waals surface area (Å²) < 4.78 is 62.4. The van der Waals surface area contributed by atoms with E-state index in [1.807, 2.05) is 0 Å². The first-order valence-electron chi connectivity index (χ1n) is 5.74. The maximum atomic E-state index is 13.6. The number of rotatable bonds is 7. The Morgan fingerprint density at radius 3 is 2.40 bits per heavy atom. The lowest BCUT2D eigenvalue weighted by Crippen LogP contribution is -2.26. The summed E-state index contributed by atoms with van der Waals surface area (Å²) in [5.41, 5.74) is 0. The van der Waals surface area contributed by atoms with Crippen molar-refractivity contribution in [1.29, 1.82) is 0 Å². The molecule has 0 aliphatic rings. The van der Waals surface area contributed by atoms with Crippen LogP contribution in [0.15, 0.2) is 28.0 Å². The van der Waals surface area contributed by atoms with Crippen LogP contribution in [0.25, 0.3) is 0 Å². The smallest absolute Gasteiger partial charge is 0.224 e. The van der Waals surface area contributed by atoms with E-state index in [2.05, 4.69) is 4.72 Å². The van der Waals surface area contributed by atoms with Crippen LogP contribution in [-0.4, -0.2) is 35.5 Å². The number of alkyl halides is 1. The van der Waals surface area contributed by atoms with Gasteiger partial charge in [0.05, 0.1) is 4.90 Å². The Balaban J connectivity index is 3.05. The van der Waals surface area contributed by atoms with Gasteiger partial charge in [-0.3, -0.25) is 0 Å². The van der Waals surface area contributed by atoms with Gasteiger partial charge in [0.25, 0.3) is 0 Å². The van der Waals surface area contributed by atoms with Crippen molar-refractivity contribution in [2.24, 2.45) is 0 Å². The van der Waals surface area contributed by atoms with Gasteiger partial charge in [0.2, 0.25) is 10.0 Å². The van der Waals surface area contributed by atoms with Gasteiger partial charge in [-0.2, -0.15) is 0 Å². The fraction of sp³-hybridized carbons (Fsp3) is 0.455. The summed E-state index contributed by atoms with van der Waals surface area (Å²) in [4.78, 5) is -0.925. The van der Waals surface area contributed by atoms with E-state index in [0.717, 1.165) is 24.5 Å². The molecule has 20 heavy (non-hydrogen) atoms. The number of benzene rings is 1. The highest BCUT2D eigenvalue weighted by atomic mass is 35.5. The second kappa shape index (κ2) is 6.84. The van der Waals surface area contributed by atoms with Gasteiger partial charge in [-0.05, 0) is 31.0 Å². The van der Waals surface area contributed by atoms with E-state index < -0.39 is 30.6 Å². The average molecular weight is 344 g/mol. The average Bonchev–Trinajstić information content (AvgIpc) is 2.33. The minimum atomic E-state index is -4.09. The maximum Gasteiger partial charge on any atom is 0.243 e. The number of nitrogens with one attached hydrogen (secondary N) is 1. The van der Waals surface area contributed by atoms with E-state index in [1.165, 1.54) is 0 Å². The minimum absolute atomic E-state index is 0.109. The molecule has 0 saturated carbocycles. The van der Waals surface area contributed by atoms with Gasteiger partial charge in [-0.15, -0.1) is 11.6 Å². The van der Waals surface area contributed by atoms with E-state index in [1.54, 1.807) is 0 Å². The van der Waals surface area contributed by atoms with Gasteiger partial charge in [0.15, 0.2) is 9.84 Å². The molecule has 0 amide bonds. The molecule has 0 spiro atoms. The van der Waals surface area contributed by atoms with E-state index in [9.17, 15) is 21.2 Å². The molecule has 0 heterocycles. The fourth-order valence-corrected chi connectivity index (χ4v) is 3.51. The van der Waals surface area contributed by atoms with E-state index in [4.69, 9.17) is 11.6 Å². The molecule has 0 unspecified atom stereocenters. The van der Waals surface area contributed by atoms with Crippen molar-refractivity contribution in [1.82, 2.24) is 4.72 Å². The van der Waals surface area contributed by atoms with Crippen molar-refractivity contribution >= 4 is 31.5 Å². The number of unbranched alkanes of at least 4 members (excludes halogenated alkanes) is 1. The highest BCUT2D eigenvalue weighted by molar-refractivity contribution is 7.91. The fourth-order valence-electron chi connectivity index (χ4n) is 1.42. The van der Waals surface area contributed by atoms with Crippen molar-refractivity contribution in [3.63, 3.8) is 0 Å². The molecule has 0 bridgehead atoms. The first kappa shape index (κ1) is 17.4. The zero-order valence-corrected chi connectivity index (χ0v) is 13.2. The SMILES string of the molecule is CS(=O)(=O)c1ccc(F)c(S(=O)(=O)NCCCCCl)c1. The quantitative estimate of drug-likeness (QED) is 0.462. The van der Waals surface area contributed by atoms with Crippen LogP contribution in [0.5, 0.6) is 0 Å². The third-order valence-corrected chi connectivity index (χ3v) is 5.33. The standard InChI is InChI=1S/C11H15ClFNO4S2/c1-19(15,16)9-4-5-10(13)11(8-9)20(17,18)14-7-3-2-6-12/h4-5,8,14H,2-3,6-7H2,1H3. The molecule has 0 radical (unpaired) electrons. The van der Waals surface area contributed by atoms with Crippen molar-refractivity contribution in [3.8, 4) is 0 Å². The number of halogens is 2. The van der Waals surface area contributed by atoms with Crippen LogP contribution in [0.2, 0.25) is 0 Å². The molecule has 1 aromatic carbocycles. The predicted molar refractivity (Wildman–Crippen MR) is 74.7 cm³/mol. The zero-order valence-electron chi connectivity index (χ0n) is 10.8. The molecule has 1 aromatic rings. The van der Waals surface area contributed by atoms with Gasteiger partial charge >= 0.3 is 0 Å². The van der Waals surface area contributed by atoms with Crippen LogP contribution in [-0.2, 0) is 19.9 Å². The summed E-state index contributed by atoms with van der Waals surface area (Å²) in [5.74, 6) is -0.595. The van der Waals surface area contributed by atoms with Gasteiger partial charge in [-0.25, -0.2) is 25.9 Å². The Bertz CT molecular complexity index is 674. The summed E-state index contributed by atoms with van der Waals surface area (Å²) in [6.07, 6.45) is 2.05. The Morgan fingerprint density at radius 2 is 1.85 bits per heavy atom. The van der Waals surface area contributed by atoms with Crippen molar-refractivity contribution in [2.75, 3.05) is 18.7 Å². The molecule has 0 fully saturated rings. The van der Waals surface area contributed by atoms with Crippen LogP contribution >= 0.6 is 11.6 Å². The Morgan fingerprint density at radius 1 is 1.20 bits per heavy atom. The zero-order chi connectivity index (χ0) is 15.4. The van der Waals surface area contributed by atoms with Crippen molar-refractivity contribution in [3.05, 3.63) is 24.0 Å². The maximum absolute atomic E-state index is 13.6. The van der Waals surface area contributed by atoms with Crippen LogP contribution in [0, 0.1) is 5.82 Å². The molecule has 0 aliphatic carbocycles. The van der Waals surface area contributed by atoms with Gasteiger partial charge in [-0.1, -0.05) is 0 Å². The van der Waals surface area contributed by atoms with Crippen molar-refractivity contribution < 1.29 is 21.2 Å². The first-order chi connectivity index (χ1) is 9.18. The third-order valence-electron chi connectivity index (χ3n) is 2.47. The first-order valence-corrected chi connectivity index (χ1v) is 9.64. The molecule has 0 aliphatic heterocycles. The lowest BCUT2D eigenvalue weighted by atomic mass is 10.3. The molecule has 0 saturated heterocycles. The Kier molecular flexibility index (Phi) is 5.93. The molecule has 0 aromatic heterocycles. The lowest BCUT2D eigenvalue weighted by Gasteiger charge is -2.08. The highest BCUT2D eigenvalue weighted by Crippen LogP contribution is 2.19. The number of sulfonamides is 1. The third kappa shape index (κ3) is 4.69. The molecule has 114 valence electrons. The molecule has 1 N–H and O–H groups in total. The van der Waals surface area contributed by atoms with Gasteiger partial charge in [0.1, 0.15) is 10.7 Å². The Labute approximate surface area is 123 Å². The van der Waals surface area contributed by atoms with Crippen LogP contribution < -0.4 is 4.72 Å². The minimum Gasteiger partial charge on any atom is -0.224 e. The van der Waals surface area contributed by atoms with E-state index in [0.29, 0.717) is 18.7 Å². The van der Waals surface area contributed by atoms with Gasteiger partial charge in [0, 0.05) is 18.7 Å². The Hall–Kier alpha value is -0.700. The van der Waals surface area contributed by atoms with Gasteiger partial charge < -0.3 is 0 Å². The normalized spacial score (nSPS) is 12.6. The van der Waals surface area contributed by atoms with Crippen LogP contribution in [0.1, 0.15) is 12.8 Å². The lowest BCUT2D eigenvalue weighted by molar-refractivity contribution is 0.553. The highest BCUT2D eigenvalue weighted by Gasteiger charge is 2.21. The van der Waals surface area contributed by atoms with Crippen molar-refractivity contribution in [2.45, 2.75) is 22.6 Å². The number of hydrogen-bond donors (Lipinski definition) is 1. The number of sulfone groups is 1. The summed E-state index contributed by atoms with van der Waals surface area (Å²) in [7, 11) is -7.69. The monoisotopic (exact) mass is 343 g/mol. The number of hydrogen-bond acceptors (Lipinski definition) is 4. The molecule has 9 heteroatoms. The molecular weight excluding hydrogens is 329 g/mol. The summed E-state index contributed by atoms with van der Waals surface area (Å²) >= 11 is 5.46. The summed E-state index contributed by atoms with van der Waals surface area (Å²) in [6.45, 7) is 0.109. The topological polar surface area (TPSA) is 80.3 Å². The van der Waals surface area contributed by atoms with Crippen LogP contribution in [0.3, 0.4) is 0 Å². The molecule has 0 atom stereocenters. The second-order valence-electron chi connectivity index (χ2n) is 4.16. The molecular formula is C11H15ClFNO4S2. The summed E-state index contributed by atoms with van der Waals surface area (Å²) in [5, 5.41) is 0. The van der Waals surface area contributed by atoms with Crippen LogP contribution in [0.4, 0.5) is 4.39 Å². The van der Waals surface area contributed by atoms with E-state index >= 15 is 0 Å². The summed E-state index contributed by atoms with van der Waals surface area (Å²) in [6, 6.07) is 2.66.